The summed E-state index contributed by atoms with van der Waals surface area (Å²) in [5.41, 5.74) is 2.29. The van der Waals surface area contributed by atoms with E-state index in [1.54, 1.807) is 12.1 Å². The summed E-state index contributed by atoms with van der Waals surface area (Å²) >= 11 is 0. The number of carboxylic acids is 1. The molecule has 1 saturated carbocycles. The number of hydrogen-bond donors (Lipinski definition) is 1. The fourth-order valence-electron chi connectivity index (χ4n) is 3.58. The lowest BCUT2D eigenvalue weighted by Crippen LogP contribution is -2.15. The average molecular weight is 352 g/mol. The second kappa shape index (κ2) is 8.65. The summed E-state index contributed by atoms with van der Waals surface area (Å²) in [6.07, 6.45) is 6.87. The van der Waals surface area contributed by atoms with Crippen molar-refractivity contribution in [3.8, 4) is 0 Å². The van der Waals surface area contributed by atoms with Crippen molar-refractivity contribution >= 4 is 11.9 Å². The summed E-state index contributed by atoms with van der Waals surface area (Å²) in [5.74, 6) is -0.936. The van der Waals surface area contributed by atoms with Crippen molar-refractivity contribution in [2.45, 2.75) is 45.1 Å². The molecule has 0 atom stereocenters. The van der Waals surface area contributed by atoms with Gasteiger partial charge in [-0.05, 0) is 35.6 Å². The lowest BCUT2D eigenvalue weighted by atomic mass is 9.83. The number of carbonyl (C=O) groups excluding carboxylic acids is 1. The van der Waals surface area contributed by atoms with Crippen molar-refractivity contribution < 1.29 is 19.4 Å². The maximum absolute atomic E-state index is 12.6. The van der Waals surface area contributed by atoms with Crippen LogP contribution in [0, 0.1) is 5.92 Å². The largest absolute Gasteiger partial charge is 0.478 e. The molecule has 4 nitrogen and oxygen atoms in total. The van der Waals surface area contributed by atoms with Crippen molar-refractivity contribution in [3.63, 3.8) is 0 Å². The predicted octanol–water partition coefficient (Wildman–Crippen LogP) is 4.86. The average Bonchev–Trinajstić information content (AvgIpc) is 2.68. The summed E-state index contributed by atoms with van der Waals surface area (Å²) < 4.78 is 5.45. The molecular weight excluding hydrogens is 328 g/mol. The lowest BCUT2D eigenvalue weighted by Gasteiger charge is -2.22. The van der Waals surface area contributed by atoms with Crippen LogP contribution in [-0.2, 0) is 17.8 Å². The van der Waals surface area contributed by atoms with E-state index in [0.717, 1.165) is 17.5 Å². The molecule has 1 aliphatic carbocycles. The number of carbonyl (C=O) groups is 2. The van der Waals surface area contributed by atoms with Gasteiger partial charge in [0.05, 0.1) is 11.1 Å². The van der Waals surface area contributed by atoms with E-state index in [1.807, 2.05) is 30.3 Å². The van der Waals surface area contributed by atoms with Gasteiger partial charge in [-0.15, -0.1) is 0 Å². The Labute approximate surface area is 153 Å². The molecule has 136 valence electrons. The second-order valence-electron chi connectivity index (χ2n) is 6.95. The third-order valence-electron chi connectivity index (χ3n) is 5.02. The topological polar surface area (TPSA) is 63.6 Å². The van der Waals surface area contributed by atoms with Gasteiger partial charge in [-0.2, -0.15) is 0 Å². The fourth-order valence-corrected chi connectivity index (χ4v) is 3.58. The van der Waals surface area contributed by atoms with Crippen molar-refractivity contribution in [3.05, 3.63) is 70.8 Å². The molecule has 3 rings (SSSR count). The van der Waals surface area contributed by atoms with Crippen molar-refractivity contribution in [1.29, 1.82) is 0 Å². The second-order valence-corrected chi connectivity index (χ2v) is 6.95. The number of ether oxygens (including phenoxy) is 1. The Morgan fingerprint density at radius 3 is 2.42 bits per heavy atom. The first-order valence-electron chi connectivity index (χ1n) is 9.21. The first-order chi connectivity index (χ1) is 12.6. The highest BCUT2D eigenvalue weighted by Crippen LogP contribution is 2.28. The van der Waals surface area contributed by atoms with E-state index in [1.165, 1.54) is 38.2 Å². The van der Waals surface area contributed by atoms with Gasteiger partial charge in [0, 0.05) is 0 Å². The summed E-state index contributed by atoms with van der Waals surface area (Å²) in [7, 11) is 0. The van der Waals surface area contributed by atoms with Crippen LogP contribution in [0.15, 0.2) is 48.5 Å². The van der Waals surface area contributed by atoms with Crippen LogP contribution in [0.3, 0.4) is 0 Å². The molecule has 1 N–H and O–H groups in total. The molecule has 0 radical (unpaired) electrons. The van der Waals surface area contributed by atoms with Gasteiger partial charge in [0.1, 0.15) is 6.61 Å². The SMILES string of the molecule is O=C(O)c1ccc(CC2CCCCC2)c(C(=O)OCc2ccccc2)c1. The molecule has 26 heavy (non-hydrogen) atoms. The zero-order valence-electron chi connectivity index (χ0n) is 14.8. The number of rotatable bonds is 6. The van der Waals surface area contributed by atoms with E-state index in [0.29, 0.717) is 11.5 Å². The number of carboxylic acid groups (broad SMARTS) is 1. The van der Waals surface area contributed by atoms with E-state index < -0.39 is 11.9 Å². The normalized spacial score (nSPS) is 14.8. The minimum Gasteiger partial charge on any atom is -0.478 e. The number of aromatic carboxylic acids is 1. The van der Waals surface area contributed by atoms with Gasteiger partial charge in [0.15, 0.2) is 0 Å². The molecule has 0 aliphatic heterocycles. The number of benzene rings is 2. The first-order valence-corrected chi connectivity index (χ1v) is 9.21. The van der Waals surface area contributed by atoms with E-state index in [9.17, 15) is 14.7 Å². The molecule has 1 aliphatic rings. The van der Waals surface area contributed by atoms with Gasteiger partial charge < -0.3 is 9.84 Å². The fraction of sp³-hybridized carbons (Fsp3) is 0.364. The summed E-state index contributed by atoms with van der Waals surface area (Å²) in [4.78, 5) is 23.9. The van der Waals surface area contributed by atoms with Crippen LogP contribution in [0.2, 0.25) is 0 Å². The van der Waals surface area contributed by atoms with Crippen LogP contribution < -0.4 is 0 Å². The molecule has 0 aromatic heterocycles. The maximum atomic E-state index is 12.6. The highest BCUT2D eigenvalue weighted by molar-refractivity contribution is 5.95. The molecule has 4 heteroatoms. The van der Waals surface area contributed by atoms with E-state index >= 15 is 0 Å². The molecule has 2 aromatic rings. The lowest BCUT2D eigenvalue weighted by molar-refractivity contribution is 0.0471. The quantitative estimate of drug-likeness (QED) is 0.754. The highest BCUT2D eigenvalue weighted by atomic mass is 16.5. The number of hydrogen-bond acceptors (Lipinski definition) is 3. The summed E-state index contributed by atoms with van der Waals surface area (Å²) in [6, 6.07) is 14.3. The minimum atomic E-state index is -1.04. The standard InChI is InChI=1S/C22H24O4/c23-21(24)19-12-11-18(13-16-7-3-1-4-8-16)20(14-19)22(25)26-15-17-9-5-2-6-10-17/h2,5-6,9-12,14,16H,1,3-4,7-8,13,15H2,(H,23,24). The van der Waals surface area contributed by atoms with Gasteiger partial charge in [0.2, 0.25) is 0 Å². The van der Waals surface area contributed by atoms with E-state index in [2.05, 4.69) is 0 Å². The Hall–Kier alpha value is -2.62. The van der Waals surface area contributed by atoms with Gasteiger partial charge in [0.25, 0.3) is 0 Å². The minimum absolute atomic E-state index is 0.115. The molecule has 0 amide bonds. The predicted molar refractivity (Wildman–Crippen MR) is 99.2 cm³/mol. The van der Waals surface area contributed by atoms with E-state index in [4.69, 9.17) is 4.74 Å². The summed E-state index contributed by atoms with van der Waals surface area (Å²) in [5, 5.41) is 9.26. The molecule has 0 unspecified atom stereocenters. The zero-order chi connectivity index (χ0) is 18.4. The molecule has 0 spiro atoms. The Bertz CT molecular complexity index is 761. The maximum Gasteiger partial charge on any atom is 0.338 e. The molecule has 0 heterocycles. The van der Waals surface area contributed by atoms with Crippen LogP contribution in [-0.4, -0.2) is 17.0 Å². The van der Waals surface area contributed by atoms with Gasteiger partial charge in [-0.25, -0.2) is 9.59 Å². The highest BCUT2D eigenvalue weighted by Gasteiger charge is 2.20. The van der Waals surface area contributed by atoms with Crippen LogP contribution in [0.5, 0.6) is 0 Å². The Balaban J connectivity index is 1.78. The Morgan fingerprint density at radius 2 is 1.73 bits per heavy atom. The Kier molecular flexibility index (Phi) is 6.05. The van der Waals surface area contributed by atoms with Crippen molar-refractivity contribution in [1.82, 2.24) is 0 Å². The van der Waals surface area contributed by atoms with Crippen LogP contribution in [0.1, 0.15) is 63.9 Å². The molecule has 2 aromatic carbocycles. The molecule has 0 bridgehead atoms. The number of esters is 1. The zero-order valence-corrected chi connectivity index (χ0v) is 14.8. The van der Waals surface area contributed by atoms with Gasteiger partial charge in [-0.1, -0.05) is 68.5 Å². The summed E-state index contributed by atoms with van der Waals surface area (Å²) in [6.45, 7) is 0.180. The van der Waals surface area contributed by atoms with Gasteiger partial charge in [-0.3, -0.25) is 0 Å². The first kappa shape index (κ1) is 18.2. The smallest absolute Gasteiger partial charge is 0.338 e. The van der Waals surface area contributed by atoms with E-state index in [-0.39, 0.29) is 12.2 Å². The molecule has 1 fully saturated rings. The third-order valence-corrected chi connectivity index (χ3v) is 5.02. The Morgan fingerprint density at radius 1 is 1.00 bits per heavy atom. The van der Waals surface area contributed by atoms with Crippen LogP contribution >= 0.6 is 0 Å². The molecule has 0 saturated heterocycles. The van der Waals surface area contributed by atoms with Gasteiger partial charge >= 0.3 is 11.9 Å². The third kappa shape index (κ3) is 4.72. The van der Waals surface area contributed by atoms with Crippen LogP contribution in [0.25, 0.3) is 0 Å². The van der Waals surface area contributed by atoms with Crippen molar-refractivity contribution in [2.75, 3.05) is 0 Å². The monoisotopic (exact) mass is 352 g/mol. The molecular formula is C22H24O4. The van der Waals surface area contributed by atoms with Crippen LogP contribution in [0.4, 0.5) is 0 Å². The van der Waals surface area contributed by atoms with Crippen molar-refractivity contribution in [2.24, 2.45) is 5.92 Å².